The highest BCUT2D eigenvalue weighted by Crippen LogP contribution is 2.16. The lowest BCUT2D eigenvalue weighted by Crippen LogP contribution is -2.18. The first-order valence-corrected chi connectivity index (χ1v) is 9.35. The minimum absolute atomic E-state index is 0. The molecule has 1 fully saturated rings. The van der Waals surface area contributed by atoms with Crippen molar-refractivity contribution in [2.75, 3.05) is 13.1 Å². The summed E-state index contributed by atoms with van der Waals surface area (Å²) < 4.78 is 5.78. The number of carbonyl (C=O) groups is 3. The van der Waals surface area contributed by atoms with Crippen molar-refractivity contribution >= 4 is 17.7 Å². The minimum Gasteiger partial charge on any atom is -0.489 e. The third-order valence-corrected chi connectivity index (χ3v) is 4.48. The SMILES string of the molecule is CC(=O)c1ccc(OCc2ccc(CN3CCCC3)cc2)cc1.O.O=C(O)C(=O)O. The topological polar surface area (TPSA) is 136 Å². The maximum absolute atomic E-state index is 11.2. The Morgan fingerprint density at radius 1 is 0.867 bits per heavy atom. The van der Waals surface area contributed by atoms with Crippen LogP contribution >= 0.6 is 0 Å². The molecule has 1 heterocycles. The van der Waals surface area contributed by atoms with E-state index in [0.29, 0.717) is 12.2 Å². The number of benzene rings is 2. The highest BCUT2D eigenvalue weighted by atomic mass is 16.5. The van der Waals surface area contributed by atoms with Crippen molar-refractivity contribution in [3.8, 4) is 5.75 Å². The van der Waals surface area contributed by atoms with E-state index in [1.165, 1.54) is 31.5 Å². The Kier molecular flexibility index (Phi) is 10.2. The van der Waals surface area contributed by atoms with Crippen molar-refractivity contribution in [1.82, 2.24) is 4.90 Å². The molecule has 0 saturated carbocycles. The van der Waals surface area contributed by atoms with Gasteiger partial charge >= 0.3 is 11.9 Å². The number of aliphatic carboxylic acids is 2. The van der Waals surface area contributed by atoms with E-state index in [1.54, 1.807) is 19.1 Å². The first kappa shape index (κ1) is 24.8. The molecule has 0 bridgehead atoms. The number of carbonyl (C=O) groups excluding carboxylic acids is 1. The van der Waals surface area contributed by atoms with E-state index >= 15 is 0 Å². The van der Waals surface area contributed by atoms with E-state index in [0.717, 1.165) is 17.9 Å². The highest BCUT2D eigenvalue weighted by molar-refractivity contribution is 6.27. The second kappa shape index (κ2) is 12.4. The number of ketones is 1. The third-order valence-electron chi connectivity index (χ3n) is 4.48. The van der Waals surface area contributed by atoms with Gasteiger partial charge in [0.25, 0.3) is 0 Å². The molecule has 0 amide bonds. The number of carboxylic acid groups (broad SMARTS) is 2. The lowest BCUT2D eigenvalue weighted by molar-refractivity contribution is -0.159. The van der Waals surface area contributed by atoms with E-state index in [-0.39, 0.29) is 11.3 Å². The van der Waals surface area contributed by atoms with E-state index in [1.807, 2.05) is 12.1 Å². The maximum atomic E-state index is 11.2. The monoisotopic (exact) mass is 417 g/mol. The van der Waals surface area contributed by atoms with E-state index < -0.39 is 11.9 Å². The van der Waals surface area contributed by atoms with E-state index in [2.05, 4.69) is 29.2 Å². The number of carboxylic acids is 2. The fourth-order valence-corrected chi connectivity index (χ4v) is 2.89. The molecule has 162 valence electrons. The Labute approximate surface area is 175 Å². The lowest BCUT2D eigenvalue weighted by Gasteiger charge is -2.14. The van der Waals surface area contributed by atoms with Gasteiger partial charge in [0.05, 0.1) is 0 Å². The van der Waals surface area contributed by atoms with Gasteiger partial charge in [0.2, 0.25) is 0 Å². The Balaban J connectivity index is 0.000000567. The van der Waals surface area contributed by atoms with Crippen molar-refractivity contribution < 1.29 is 34.8 Å². The number of nitrogens with zero attached hydrogens (tertiary/aromatic N) is 1. The standard InChI is InChI=1S/C20H23NO2.C2H2O4.H2O/c1-16(22)19-8-10-20(11-9-19)23-15-18-6-4-17(5-7-18)14-21-12-2-3-13-21;3-1(4)2(5)6;/h4-11H,2-3,12-15H2,1H3;(H,3,4)(H,5,6);1H2. The number of hydrogen-bond acceptors (Lipinski definition) is 5. The molecular weight excluding hydrogens is 390 g/mol. The first-order chi connectivity index (χ1) is 13.8. The summed E-state index contributed by atoms with van der Waals surface area (Å²) in [6, 6.07) is 15.9. The largest absolute Gasteiger partial charge is 0.489 e. The zero-order chi connectivity index (χ0) is 21.2. The van der Waals surface area contributed by atoms with E-state index in [4.69, 9.17) is 24.5 Å². The zero-order valence-electron chi connectivity index (χ0n) is 16.8. The summed E-state index contributed by atoms with van der Waals surface area (Å²) in [6.07, 6.45) is 2.66. The molecule has 1 aliphatic heterocycles. The van der Waals surface area contributed by atoms with Crippen LogP contribution in [0.25, 0.3) is 0 Å². The van der Waals surface area contributed by atoms with Crippen LogP contribution in [0.2, 0.25) is 0 Å². The van der Waals surface area contributed by atoms with Gasteiger partial charge < -0.3 is 20.4 Å². The molecule has 0 atom stereocenters. The number of likely N-dealkylation sites (tertiary alicyclic amines) is 1. The number of rotatable bonds is 6. The number of ether oxygens (including phenoxy) is 1. The van der Waals surface area contributed by atoms with Gasteiger partial charge in [0, 0.05) is 12.1 Å². The Morgan fingerprint density at radius 2 is 1.37 bits per heavy atom. The fraction of sp³-hybridized carbons (Fsp3) is 0.318. The molecule has 2 aromatic rings. The molecule has 4 N–H and O–H groups in total. The predicted octanol–water partition coefficient (Wildman–Crippen LogP) is 2.39. The molecule has 2 aromatic carbocycles. The number of Topliss-reactive ketones (excluding diaryl/α,β-unsaturated/α-hetero) is 1. The molecule has 1 saturated heterocycles. The summed E-state index contributed by atoms with van der Waals surface area (Å²) in [6.45, 7) is 5.61. The van der Waals surface area contributed by atoms with Crippen molar-refractivity contribution in [3.63, 3.8) is 0 Å². The second-order valence-corrected chi connectivity index (χ2v) is 6.78. The Morgan fingerprint density at radius 3 is 1.83 bits per heavy atom. The lowest BCUT2D eigenvalue weighted by atomic mass is 10.1. The van der Waals surface area contributed by atoms with Crippen molar-refractivity contribution in [1.29, 1.82) is 0 Å². The fourth-order valence-electron chi connectivity index (χ4n) is 2.89. The van der Waals surface area contributed by atoms with Crippen LogP contribution in [0.4, 0.5) is 0 Å². The highest BCUT2D eigenvalue weighted by Gasteiger charge is 2.11. The summed E-state index contributed by atoms with van der Waals surface area (Å²) in [4.78, 5) is 31.9. The Bertz CT molecular complexity index is 814. The minimum atomic E-state index is -1.82. The van der Waals surface area contributed by atoms with Gasteiger partial charge in [-0.3, -0.25) is 9.69 Å². The van der Waals surface area contributed by atoms with Crippen LogP contribution in [-0.2, 0) is 22.7 Å². The molecule has 0 radical (unpaired) electrons. The first-order valence-electron chi connectivity index (χ1n) is 9.35. The van der Waals surface area contributed by atoms with Gasteiger partial charge in [-0.05, 0) is 68.2 Å². The van der Waals surface area contributed by atoms with Crippen LogP contribution < -0.4 is 4.74 Å². The quantitative estimate of drug-likeness (QED) is 0.544. The van der Waals surface area contributed by atoms with Crippen molar-refractivity contribution in [2.24, 2.45) is 0 Å². The normalized spacial score (nSPS) is 12.8. The molecule has 0 unspecified atom stereocenters. The second-order valence-electron chi connectivity index (χ2n) is 6.78. The molecule has 3 rings (SSSR count). The molecule has 30 heavy (non-hydrogen) atoms. The summed E-state index contributed by atoms with van der Waals surface area (Å²) in [5, 5.41) is 14.8. The van der Waals surface area contributed by atoms with Crippen molar-refractivity contribution in [3.05, 3.63) is 65.2 Å². The molecule has 8 heteroatoms. The average Bonchev–Trinajstić information content (AvgIpc) is 3.21. The number of hydrogen-bond donors (Lipinski definition) is 2. The Hall–Kier alpha value is -3.23. The molecule has 0 aromatic heterocycles. The third kappa shape index (κ3) is 8.42. The predicted molar refractivity (Wildman–Crippen MR) is 111 cm³/mol. The van der Waals surface area contributed by atoms with Crippen molar-refractivity contribution in [2.45, 2.75) is 32.9 Å². The van der Waals surface area contributed by atoms with Gasteiger partial charge in [-0.1, -0.05) is 24.3 Å². The molecular formula is C22H27NO7. The van der Waals surface area contributed by atoms with Crippen LogP contribution in [0.1, 0.15) is 41.3 Å². The molecule has 0 aliphatic carbocycles. The maximum Gasteiger partial charge on any atom is 0.414 e. The van der Waals surface area contributed by atoms with Crippen LogP contribution in [-0.4, -0.2) is 51.4 Å². The molecule has 0 spiro atoms. The van der Waals surface area contributed by atoms with Gasteiger partial charge in [-0.25, -0.2) is 9.59 Å². The van der Waals surface area contributed by atoms with Gasteiger partial charge in [0.15, 0.2) is 5.78 Å². The van der Waals surface area contributed by atoms with Gasteiger partial charge in [-0.15, -0.1) is 0 Å². The summed E-state index contributed by atoms with van der Waals surface area (Å²) >= 11 is 0. The van der Waals surface area contributed by atoms with Crippen LogP contribution in [0.3, 0.4) is 0 Å². The summed E-state index contributed by atoms with van der Waals surface area (Å²) in [7, 11) is 0. The summed E-state index contributed by atoms with van der Waals surface area (Å²) in [5.41, 5.74) is 3.23. The zero-order valence-corrected chi connectivity index (χ0v) is 16.8. The van der Waals surface area contributed by atoms with Gasteiger partial charge in [-0.2, -0.15) is 0 Å². The van der Waals surface area contributed by atoms with E-state index in [9.17, 15) is 4.79 Å². The summed E-state index contributed by atoms with van der Waals surface area (Å²) in [5.74, 6) is -2.79. The van der Waals surface area contributed by atoms with Gasteiger partial charge in [0.1, 0.15) is 12.4 Å². The van der Waals surface area contributed by atoms with Crippen LogP contribution in [0, 0.1) is 0 Å². The average molecular weight is 417 g/mol. The smallest absolute Gasteiger partial charge is 0.414 e. The molecule has 8 nitrogen and oxygen atoms in total. The van der Waals surface area contributed by atoms with Crippen LogP contribution in [0.5, 0.6) is 5.75 Å². The molecule has 1 aliphatic rings. The van der Waals surface area contributed by atoms with Crippen LogP contribution in [0.15, 0.2) is 48.5 Å².